The minimum atomic E-state index is -4.32. The molecule has 0 atom stereocenters. The van der Waals surface area contributed by atoms with Crippen LogP contribution in [0.25, 0.3) is 0 Å². The molecule has 0 saturated heterocycles. The van der Waals surface area contributed by atoms with E-state index in [9.17, 15) is 0 Å². The minimum absolute atomic E-state index is 0.754. The Balaban J connectivity index is 2.57. The Bertz CT molecular complexity index is 940. The molecule has 0 N–H and O–H groups in total. The van der Waals surface area contributed by atoms with Gasteiger partial charge in [-0.15, -0.1) is 0 Å². The molecular formula is C22H33Cl3N6Ti. The van der Waals surface area contributed by atoms with Crippen LogP contribution in [0.1, 0.15) is 75.7 Å². The van der Waals surface area contributed by atoms with Gasteiger partial charge in [0.1, 0.15) is 0 Å². The maximum absolute atomic E-state index is 7.14. The van der Waals surface area contributed by atoms with Crippen molar-refractivity contribution in [3.63, 3.8) is 0 Å². The summed E-state index contributed by atoms with van der Waals surface area (Å²) >= 11 is -4.32. The molecular weight excluding hydrogens is 503 g/mol. The van der Waals surface area contributed by atoms with Crippen LogP contribution in [0.2, 0.25) is 0 Å². The van der Waals surface area contributed by atoms with E-state index >= 15 is 0 Å². The van der Waals surface area contributed by atoms with Gasteiger partial charge in [0.05, 0.1) is 0 Å². The Labute approximate surface area is 206 Å². The van der Waals surface area contributed by atoms with Gasteiger partial charge in [0.15, 0.2) is 0 Å². The van der Waals surface area contributed by atoms with E-state index in [1.54, 1.807) is 0 Å². The average Bonchev–Trinajstić information content (AvgIpc) is 3.50. The standard InChI is InChI=1S/C22H33N6.3ClH.Ti/c1-7-16-13-19(10-4)26(23-16)22(27-20(11-5)14-17(8-2)24-27)28-21(12-6)15-18(9-3)25-28;;;;/h13-15H,7-12H2,1-6H3;3*1H;/q;;;;+3/p-3. The van der Waals surface area contributed by atoms with Crippen LogP contribution < -0.4 is 0 Å². The number of halogens is 3. The molecule has 0 radical (unpaired) electrons. The number of aromatic nitrogens is 6. The Morgan fingerprint density at radius 3 is 1.06 bits per heavy atom. The second-order valence-electron chi connectivity index (χ2n) is 7.87. The summed E-state index contributed by atoms with van der Waals surface area (Å²) in [5.74, 6) is 0. The van der Waals surface area contributed by atoms with Crippen molar-refractivity contribution in [2.24, 2.45) is 0 Å². The molecule has 3 aromatic heterocycles. The molecule has 0 bridgehead atoms. The molecule has 3 rings (SSSR count). The van der Waals surface area contributed by atoms with Gasteiger partial charge >= 0.3 is 207 Å². The van der Waals surface area contributed by atoms with E-state index in [0.29, 0.717) is 0 Å². The van der Waals surface area contributed by atoms with Crippen molar-refractivity contribution in [1.29, 1.82) is 0 Å². The fourth-order valence-electron chi connectivity index (χ4n) is 4.14. The molecule has 0 aliphatic heterocycles. The zero-order valence-corrected chi connectivity index (χ0v) is 23.6. The Morgan fingerprint density at radius 2 is 0.875 bits per heavy atom. The van der Waals surface area contributed by atoms with E-state index in [2.05, 4.69) is 59.7 Å². The van der Waals surface area contributed by atoms with Gasteiger partial charge in [-0.1, -0.05) is 0 Å². The molecule has 32 heavy (non-hydrogen) atoms. The summed E-state index contributed by atoms with van der Waals surface area (Å²) < 4.78 is 4.53. The van der Waals surface area contributed by atoms with Crippen LogP contribution in [0.4, 0.5) is 0 Å². The normalized spacial score (nSPS) is 12.7. The van der Waals surface area contributed by atoms with Gasteiger partial charge in [0.25, 0.3) is 0 Å². The summed E-state index contributed by atoms with van der Waals surface area (Å²) in [5, 5.41) is 15.0. The summed E-state index contributed by atoms with van der Waals surface area (Å²) in [6.07, 6.45) is 4.65. The molecule has 176 valence electrons. The fourth-order valence-corrected chi connectivity index (χ4v) is 9.14. The maximum atomic E-state index is 7.14. The third-order valence-electron chi connectivity index (χ3n) is 5.94. The molecule has 0 aromatic carbocycles. The SMILES string of the molecule is CCc1cc(CC)n([C](n2nc(CC)cc2CC)(n2nc(CC)cc2CC)[Ti]([Cl])([Cl])[Cl])n1. The van der Waals surface area contributed by atoms with E-state index < -0.39 is 17.5 Å². The van der Waals surface area contributed by atoms with Crippen molar-refractivity contribution in [2.45, 2.75) is 84.2 Å². The van der Waals surface area contributed by atoms with Gasteiger partial charge in [-0.3, -0.25) is 0 Å². The molecule has 0 aliphatic carbocycles. The molecule has 0 aliphatic rings. The van der Waals surface area contributed by atoms with Crippen LogP contribution >= 0.6 is 27.9 Å². The van der Waals surface area contributed by atoms with Crippen LogP contribution in [0.3, 0.4) is 0 Å². The summed E-state index contributed by atoms with van der Waals surface area (Å²) in [6, 6.07) is 6.33. The number of hydrogen-bond donors (Lipinski definition) is 0. The second-order valence-corrected chi connectivity index (χ2v) is 19.9. The second kappa shape index (κ2) is 10.2. The van der Waals surface area contributed by atoms with Crippen LogP contribution in [0.15, 0.2) is 18.2 Å². The first-order valence-electron chi connectivity index (χ1n) is 11.5. The predicted octanol–water partition coefficient (Wildman–Crippen LogP) is 5.93. The van der Waals surface area contributed by atoms with E-state index in [0.717, 1.165) is 72.7 Å². The van der Waals surface area contributed by atoms with Crippen LogP contribution in [-0.4, -0.2) is 29.3 Å². The van der Waals surface area contributed by atoms with E-state index in [1.165, 1.54) is 0 Å². The van der Waals surface area contributed by atoms with E-state index in [-0.39, 0.29) is 0 Å². The van der Waals surface area contributed by atoms with Crippen molar-refractivity contribution >= 4 is 27.9 Å². The summed E-state index contributed by atoms with van der Waals surface area (Å²) in [6.45, 7) is 12.6. The Kier molecular flexibility index (Phi) is 8.26. The van der Waals surface area contributed by atoms with Crippen molar-refractivity contribution in [3.8, 4) is 0 Å². The zero-order chi connectivity index (χ0) is 23.7. The van der Waals surface area contributed by atoms with Gasteiger partial charge in [0, 0.05) is 0 Å². The number of nitrogens with zero attached hydrogens (tertiary/aromatic N) is 6. The molecule has 0 saturated carbocycles. The summed E-state index contributed by atoms with van der Waals surface area (Å²) in [4.78, 5) is 0. The number of rotatable bonds is 10. The third-order valence-corrected chi connectivity index (χ3v) is 11.3. The topological polar surface area (TPSA) is 53.5 Å². The van der Waals surface area contributed by atoms with Gasteiger partial charge in [-0.05, 0) is 0 Å². The molecule has 6 nitrogen and oxygen atoms in total. The number of aryl methyl sites for hydroxylation is 6. The first kappa shape index (κ1) is 25.8. The van der Waals surface area contributed by atoms with E-state index in [1.807, 2.05) is 14.0 Å². The van der Waals surface area contributed by atoms with Crippen molar-refractivity contribution in [2.75, 3.05) is 0 Å². The van der Waals surface area contributed by atoms with Crippen LogP contribution in [-0.2, 0) is 56.0 Å². The first-order chi connectivity index (χ1) is 15.2. The van der Waals surface area contributed by atoms with Gasteiger partial charge < -0.3 is 0 Å². The van der Waals surface area contributed by atoms with Crippen LogP contribution in [0, 0.1) is 0 Å². The van der Waals surface area contributed by atoms with Crippen molar-refractivity contribution in [1.82, 2.24) is 29.3 Å². The Hall–Kier alpha value is -0.786. The fraction of sp³-hybridized carbons (Fsp3) is 0.591. The zero-order valence-electron chi connectivity index (χ0n) is 19.8. The third kappa shape index (κ3) is 4.22. The first-order valence-corrected chi connectivity index (χ1v) is 18.8. The van der Waals surface area contributed by atoms with Crippen molar-refractivity contribution in [3.05, 3.63) is 52.4 Å². The molecule has 0 unspecified atom stereocenters. The predicted molar refractivity (Wildman–Crippen MR) is 129 cm³/mol. The molecule has 10 heteroatoms. The monoisotopic (exact) mass is 534 g/mol. The molecule has 3 heterocycles. The van der Waals surface area contributed by atoms with Crippen molar-refractivity contribution < 1.29 is 13.4 Å². The summed E-state index contributed by atoms with van der Waals surface area (Å²) in [7, 11) is 21.4. The number of hydrogen-bond acceptors (Lipinski definition) is 3. The molecule has 3 aromatic rings. The quantitative estimate of drug-likeness (QED) is 0.302. The molecule has 0 fully saturated rings. The summed E-state index contributed by atoms with van der Waals surface area (Å²) in [5.41, 5.74) is 5.90. The van der Waals surface area contributed by atoms with Gasteiger partial charge in [-0.25, -0.2) is 0 Å². The molecule has 0 amide bonds. The average molecular weight is 536 g/mol. The van der Waals surface area contributed by atoms with E-state index in [4.69, 9.17) is 43.2 Å². The van der Waals surface area contributed by atoms with Gasteiger partial charge in [-0.2, -0.15) is 0 Å². The molecule has 0 spiro atoms. The van der Waals surface area contributed by atoms with Crippen LogP contribution in [0.5, 0.6) is 0 Å². The van der Waals surface area contributed by atoms with Gasteiger partial charge in [0.2, 0.25) is 0 Å². The Morgan fingerprint density at radius 1 is 0.594 bits per heavy atom.